The Hall–Kier alpha value is -1.26. The summed E-state index contributed by atoms with van der Waals surface area (Å²) in [6, 6.07) is 8.99. The van der Waals surface area contributed by atoms with Gasteiger partial charge in [-0.15, -0.1) is 0 Å². The van der Waals surface area contributed by atoms with E-state index in [-0.39, 0.29) is 6.04 Å². The predicted molar refractivity (Wildman–Crippen MR) is 86.6 cm³/mol. The van der Waals surface area contributed by atoms with E-state index in [0.717, 1.165) is 28.8 Å². The van der Waals surface area contributed by atoms with Gasteiger partial charge in [-0.05, 0) is 59.5 Å². The van der Waals surface area contributed by atoms with Crippen molar-refractivity contribution < 1.29 is 9.15 Å². The van der Waals surface area contributed by atoms with Gasteiger partial charge in [0.25, 0.3) is 0 Å². The second-order valence-corrected chi connectivity index (χ2v) is 6.38. The molecule has 1 aromatic heterocycles. The number of fused-ring (bicyclic) bond motifs is 1. The predicted octanol–water partition coefficient (Wildman–Crippen LogP) is 4.78. The van der Waals surface area contributed by atoms with E-state index in [1.54, 1.807) is 13.4 Å². The first-order valence-electron chi connectivity index (χ1n) is 7.35. The van der Waals surface area contributed by atoms with Gasteiger partial charge in [0.2, 0.25) is 0 Å². The van der Waals surface area contributed by atoms with Crippen molar-refractivity contribution in [2.45, 2.75) is 38.3 Å². The minimum absolute atomic E-state index is 0.276. The second-order valence-electron chi connectivity index (χ2n) is 5.53. The zero-order valence-electron chi connectivity index (χ0n) is 12.4. The number of aryl methyl sites for hydroxylation is 1. The van der Waals surface area contributed by atoms with Crippen molar-refractivity contribution in [3.05, 3.63) is 51.9 Å². The van der Waals surface area contributed by atoms with E-state index < -0.39 is 0 Å². The Morgan fingerprint density at radius 3 is 3.00 bits per heavy atom. The minimum Gasteiger partial charge on any atom is -0.496 e. The van der Waals surface area contributed by atoms with E-state index in [1.807, 2.05) is 6.07 Å². The van der Waals surface area contributed by atoms with Gasteiger partial charge in [-0.25, -0.2) is 0 Å². The van der Waals surface area contributed by atoms with Crippen molar-refractivity contribution in [3.63, 3.8) is 0 Å². The van der Waals surface area contributed by atoms with Crippen molar-refractivity contribution in [2.24, 2.45) is 0 Å². The summed E-state index contributed by atoms with van der Waals surface area (Å²) >= 11 is 3.55. The fourth-order valence-corrected chi connectivity index (χ4v) is 3.57. The monoisotopic (exact) mass is 349 g/mol. The molecule has 0 radical (unpaired) electrons. The minimum atomic E-state index is 0.276. The van der Waals surface area contributed by atoms with Gasteiger partial charge in [0.1, 0.15) is 11.5 Å². The van der Waals surface area contributed by atoms with Gasteiger partial charge in [-0.1, -0.05) is 6.07 Å². The zero-order valence-corrected chi connectivity index (χ0v) is 13.9. The molecular formula is C17H20BrNO2. The first-order chi connectivity index (χ1) is 10.2. The highest BCUT2D eigenvalue weighted by atomic mass is 79.9. The van der Waals surface area contributed by atoms with E-state index in [2.05, 4.69) is 46.4 Å². The summed E-state index contributed by atoms with van der Waals surface area (Å²) in [4.78, 5) is 0. The lowest BCUT2D eigenvalue weighted by Gasteiger charge is -2.27. The molecule has 0 spiro atoms. The van der Waals surface area contributed by atoms with Crippen LogP contribution in [-0.4, -0.2) is 7.11 Å². The summed E-state index contributed by atoms with van der Waals surface area (Å²) in [6.45, 7) is 2.20. The number of halogens is 1. The van der Waals surface area contributed by atoms with Crippen LogP contribution in [0.25, 0.3) is 0 Å². The lowest BCUT2D eigenvalue weighted by atomic mass is 9.92. The summed E-state index contributed by atoms with van der Waals surface area (Å²) in [5.41, 5.74) is 2.57. The molecule has 21 heavy (non-hydrogen) atoms. The fraction of sp³-hybridized carbons (Fsp3) is 0.412. The van der Waals surface area contributed by atoms with Crippen molar-refractivity contribution >= 4 is 15.9 Å². The third kappa shape index (κ3) is 3.01. The first kappa shape index (κ1) is 14.7. The van der Waals surface area contributed by atoms with Crippen molar-refractivity contribution in [3.8, 4) is 5.75 Å². The lowest BCUT2D eigenvalue weighted by Crippen LogP contribution is -2.27. The van der Waals surface area contributed by atoms with Gasteiger partial charge in [0, 0.05) is 24.1 Å². The molecule has 3 rings (SSSR count). The molecule has 112 valence electrons. The molecule has 1 aromatic carbocycles. The molecule has 2 unspecified atom stereocenters. The molecule has 0 aliphatic heterocycles. The van der Waals surface area contributed by atoms with Gasteiger partial charge in [0.15, 0.2) is 0 Å². The van der Waals surface area contributed by atoms with Gasteiger partial charge in [0.05, 0.1) is 17.8 Å². The third-order valence-electron chi connectivity index (χ3n) is 4.18. The molecule has 0 saturated carbocycles. The van der Waals surface area contributed by atoms with Crippen LogP contribution in [0.2, 0.25) is 0 Å². The SMILES string of the molecule is COc1ccc(C(C)NC2CCCc3occc32)cc1Br. The number of benzene rings is 1. The Balaban J connectivity index is 1.75. The van der Waals surface area contributed by atoms with Crippen molar-refractivity contribution in [1.29, 1.82) is 0 Å². The molecule has 0 bridgehead atoms. The van der Waals surface area contributed by atoms with Crippen LogP contribution in [0.4, 0.5) is 0 Å². The van der Waals surface area contributed by atoms with Gasteiger partial charge in [-0.3, -0.25) is 0 Å². The number of rotatable bonds is 4. The second kappa shape index (κ2) is 6.24. The Kier molecular flexibility index (Phi) is 4.36. The normalized spacial score (nSPS) is 19.1. The number of hydrogen-bond donors (Lipinski definition) is 1. The molecular weight excluding hydrogens is 330 g/mol. The average molecular weight is 350 g/mol. The first-order valence-corrected chi connectivity index (χ1v) is 8.14. The van der Waals surface area contributed by atoms with Crippen molar-refractivity contribution in [1.82, 2.24) is 5.32 Å². The maximum atomic E-state index is 5.56. The van der Waals surface area contributed by atoms with Crippen LogP contribution >= 0.6 is 15.9 Å². The maximum Gasteiger partial charge on any atom is 0.133 e. The molecule has 0 amide bonds. The zero-order chi connectivity index (χ0) is 14.8. The summed E-state index contributed by atoms with van der Waals surface area (Å²) < 4.78 is 11.8. The van der Waals surface area contributed by atoms with E-state index in [1.165, 1.54) is 17.5 Å². The Bertz CT molecular complexity index is 623. The molecule has 3 nitrogen and oxygen atoms in total. The van der Waals surface area contributed by atoms with E-state index in [0.29, 0.717) is 6.04 Å². The largest absolute Gasteiger partial charge is 0.496 e. The third-order valence-corrected chi connectivity index (χ3v) is 4.80. The van der Waals surface area contributed by atoms with Crippen LogP contribution in [0.3, 0.4) is 0 Å². The molecule has 0 saturated heterocycles. The Morgan fingerprint density at radius 1 is 1.38 bits per heavy atom. The number of methoxy groups -OCH3 is 1. The highest BCUT2D eigenvalue weighted by molar-refractivity contribution is 9.10. The highest BCUT2D eigenvalue weighted by Gasteiger charge is 2.24. The number of ether oxygens (including phenoxy) is 1. The smallest absolute Gasteiger partial charge is 0.133 e. The van der Waals surface area contributed by atoms with Crippen molar-refractivity contribution in [2.75, 3.05) is 7.11 Å². The number of furan rings is 1. The van der Waals surface area contributed by atoms with Gasteiger partial charge < -0.3 is 14.5 Å². The highest BCUT2D eigenvalue weighted by Crippen LogP contribution is 2.33. The molecule has 2 atom stereocenters. The van der Waals surface area contributed by atoms with Gasteiger partial charge in [-0.2, -0.15) is 0 Å². The number of nitrogens with one attached hydrogen (secondary N) is 1. The summed E-state index contributed by atoms with van der Waals surface area (Å²) in [6.07, 6.45) is 5.20. The van der Waals surface area contributed by atoms with Crippen LogP contribution in [0, 0.1) is 0 Å². The molecule has 4 heteroatoms. The molecule has 1 N–H and O–H groups in total. The standard InChI is InChI=1S/C17H20BrNO2/c1-11(12-6-7-17(20-2)14(18)10-12)19-15-4-3-5-16-13(15)8-9-21-16/h6-11,15,19H,3-5H2,1-2H3. The quantitative estimate of drug-likeness (QED) is 0.862. The summed E-state index contributed by atoms with van der Waals surface area (Å²) in [5, 5.41) is 3.72. The van der Waals surface area contributed by atoms with E-state index in [4.69, 9.17) is 9.15 Å². The summed E-state index contributed by atoms with van der Waals surface area (Å²) in [7, 11) is 1.68. The Labute approximate surface area is 133 Å². The summed E-state index contributed by atoms with van der Waals surface area (Å²) in [5.74, 6) is 2.00. The van der Waals surface area contributed by atoms with Crippen LogP contribution in [0.15, 0.2) is 39.4 Å². The number of hydrogen-bond acceptors (Lipinski definition) is 3. The van der Waals surface area contributed by atoms with Crippen LogP contribution in [0.5, 0.6) is 5.75 Å². The molecule has 1 heterocycles. The lowest BCUT2D eigenvalue weighted by molar-refractivity contribution is 0.385. The maximum absolute atomic E-state index is 5.56. The van der Waals surface area contributed by atoms with E-state index in [9.17, 15) is 0 Å². The van der Waals surface area contributed by atoms with E-state index >= 15 is 0 Å². The van der Waals surface area contributed by atoms with Gasteiger partial charge >= 0.3 is 0 Å². The van der Waals surface area contributed by atoms with Crippen LogP contribution < -0.4 is 10.1 Å². The Morgan fingerprint density at radius 2 is 2.24 bits per heavy atom. The average Bonchev–Trinajstić information content (AvgIpc) is 2.96. The van der Waals surface area contributed by atoms with Crippen LogP contribution in [0.1, 0.15) is 48.7 Å². The molecule has 0 fully saturated rings. The molecule has 1 aliphatic rings. The topological polar surface area (TPSA) is 34.4 Å². The fourth-order valence-electron chi connectivity index (χ4n) is 3.01. The van der Waals surface area contributed by atoms with Crippen LogP contribution in [-0.2, 0) is 6.42 Å². The molecule has 2 aromatic rings. The molecule has 1 aliphatic carbocycles.